The molecule has 8 nitrogen and oxygen atoms in total. The van der Waals surface area contributed by atoms with E-state index in [1.54, 1.807) is 36.4 Å². The van der Waals surface area contributed by atoms with Gasteiger partial charge in [0.2, 0.25) is 0 Å². The van der Waals surface area contributed by atoms with Gasteiger partial charge in [0.05, 0.1) is 35.5 Å². The van der Waals surface area contributed by atoms with Crippen LogP contribution in [0.25, 0.3) is 0 Å². The molecular weight excluding hydrogens is 500 g/mol. The van der Waals surface area contributed by atoms with Crippen LogP contribution in [-0.4, -0.2) is 42.2 Å². The minimum absolute atomic E-state index is 0.0241. The Morgan fingerprint density at radius 1 is 0.564 bits per heavy atom. The van der Waals surface area contributed by atoms with Gasteiger partial charge in [0.15, 0.2) is 0 Å². The third-order valence-corrected chi connectivity index (χ3v) is 5.42. The lowest BCUT2D eigenvalue weighted by molar-refractivity contribution is 0.0437. The predicted molar refractivity (Wildman–Crippen MR) is 146 cm³/mol. The Balaban J connectivity index is 0.000000293. The second-order valence-electron chi connectivity index (χ2n) is 8.44. The van der Waals surface area contributed by atoms with Gasteiger partial charge in [-0.2, -0.15) is 0 Å². The fourth-order valence-corrected chi connectivity index (χ4v) is 3.26. The van der Waals surface area contributed by atoms with Gasteiger partial charge in [-0.05, 0) is 42.7 Å². The average molecular weight is 535 g/mol. The number of carbonyl (C=O) groups is 4. The summed E-state index contributed by atoms with van der Waals surface area (Å²) in [7, 11) is 0. The number of hydrogen-bond acceptors (Lipinski definition) is 7. The van der Waals surface area contributed by atoms with E-state index in [4.69, 9.17) is 19.3 Å². The maximum Gasteiger partial charge on any atom is 0.339 e. The second-order valence-corrected chi connectivity index (χ2v) is 8.44. The summed E-state index contributed by atoms with van der Waals surface area (Å²) in [5, 5.41) is 8.88. The van der Waals surface area contributed by atoms with E-state index in [1.165, 1.54) is 12.1 Å². The van der Waals surface area contributed by atoms with Gasteiger partial charge >= 0.3 is 23.9 Å². The van der Waals surface area contributed by atoms with Crippen LogP contribution >= 0.6 is 0 Å². The molecule has 0 heterocycles. The zero-order valence-corrected chi connectivity index (χ0v) is 22.3. The molecule has 0 aliphatic carbocycles. The maximum atomic E-state index is 12.2. The lowest BCUT2D eigenvalue weighted by atomic mass is 10.1. The SMILES string of the molecule is CCCCOC(=O)c1ccccc1C(=O)O.CCCCOC(=O)c1ccccc1C(=O)OCc1ccccc1. The number of ether oxygens (including phenoxy) is 3. The van der Waals surface area contributed by atoms with Crippen molar-refractivity contribution in [3.63, 3.8) is 0 Å². The van der Waals surface area contributed by atoms with Gasteiger partial charge in [0.25, 0.3) is 0 Å². The molecule has 0 spiro atoms. The molecule has 0 amide bonds. The van der Waals surface area contributed by atoms with E-state index in [1.807, 2.05) is 44.2 Å². The van der Waals surface area contributed by atoms with Crippen molar-refractivity contribution in [2.24, 2.45) is 0 Å². The van der Waals surface area contributed by atoms with E-state index >= 15 is 0 Å². The van der Waals surface area contributed by atoms with Gasteiger partial charge < -0.3 is 19.3 Å². The molecule has 0 aliphatic rings. The quantitative estimate of drug-likeness (QED) is 0.162. The number of carboxylic acid groups (broad SMARTS) is 1. The van der Waals surface area contributed by atoms with Crippen molar-refractivity contribution in [1.29, 1.82) is 0 Å². The Morgan fingerprint density at radius 3 is 1.38 bits per heavy atom. The number of carbonyl (C=O) groups excluding carboxylic acids is 3. The lowest BCUT2D eigenvalue weighted by Gasteiger charge is -2.09. The molecule has 0 saturated heterocycles. The Kier molecular flexibility index (Phi) is 13.5. The van der Waals surface area contributed by atoms with Gasteiger partial charge in [0, 0.05) is 0 Å². The maximum absolute atomic E-state index is 12.2. The molecule has 3 aromatic rings. The van der Waals surface area contributed by atoms with Crippen molar-refractivity contribution in [3.8, 4) is 0 Å². The fraction of sp³-hybridized carbons (Fsp3) is 0.290. The van der Waals surface area contributed by atoms with Gasteiger partial charge in [-0.25, -0.2) is 19.2 Å². The molecule has 0 saturated carbocycles. The smallest absolute Gasteiger partial charge is 0.339 e. The summed E-state index contributed by atoms with van der Waals surface area (Å²) in [4.78, 5) is 46.7. The van der Waals surface area contributed by atoms with Gasteiger partial charge in [0.1, 0.15) is 6.61 Å². The van der Waals surface area contributed by atoms with Crippen molar-refractivity contribution in [2.45, 2.75) is 46.1 Å². The Hall–Kier alpha value is -4.46. The minimum atomic E-state index is -1.12. The molecule has 0 fully saturated rings. The standard InChI is InChI=1S/C19H20O4.C12H14O4/c1-2-3-13-22-18(20)16-11-7-8-12-17(16)19(21)23-14-15-9-5-4-6-10-15;1-2-3-8-16-12(15)10-7-5-4-6-9(10)11(13)14/h4-12H,2-3,13-14H2,1H3;4-7H,2-3,8H2,1H3,(H,13,14). The van der Waals surface area contributed by atoms with Gasteiger partial charge in [-0.3, -0.25) is 0 Å². The van der Waals surface area contributed by atoms with E-state index in [0.29, 0.717) is 13.2 Å². The fourth-order valence-electron chi connectivity index (χ4n) is 3.26. The highest BCUT2D eigenvalue weighted by molar-refractivity contribution is 6.03. The van der Waals surface area contributed by atoms with Crippen LogP contribution in [0.15, 0.2) is 78.9 Å². The number of aromatic carboxylic acids is 1. The highest BCUT2D eigenvalue weighted by Crippen LogP contribution is 2.14. The Morgan fingerprint density at radius 2 is 0.949 bits per heavy atom. The number of carboxylic acids is 1. The summed E-state index contributed by atoms with van der Waals surface area (Å²) in [6.45, 7) is 4.84. The molecule has 0 radical (unpaired) electrons. The number of rotatable bonds is 12. The van der Waals surface area contributed by atoms with E-state index in [0.717, 1.165) is 31.2 Å². The molecule has 0 unspecified atom stereocenters. The third-order valence-electron chi connectivity index (χ3n) is 5.42. The summed E-state index contributed by atoms with van der Waals surface area (Å²) in [5.41, 5.74) is 1.44. The normalized spacial score (nSPS) is 10.0. The summed E-state index contributed by atoms with van der Waals surface area (Å²) in [6, 6.07) is 22.0. The monoisotopic (exact) mass is 534 g/mol. The molecule has 0 bridgehead atoms. The summed E-state index contributed by atoms with van der Waals surface area (Å²) in [6.07, 6.45) is 3.44. The van der Waals surface area contributed by atoms with E-state index < -0.39 is 23.9 Å². The molecule has 0 aliphatic heterocycles. The molecule has 1 N–H and O–H groups in total. The van der Waals surface area contributed by atoms with Crippen LogP contribution in [0.3, 0.4) is 0 Å². The second kappa shape index (κ2) is 17.1. The first-order valence-electron chi connectivity index (χ1n) is 12.9. The number of hydrogen-bond donors (Lipinski definition) is 1. The van der Waals surface area contributed by atoms with Crippen molar-refractivity contribution >= 4 is 23.9 Å². The van der Waals surface area contributed by atoms with Crippen LogP contribution in [0.1, 0.15) is 86.5 Å². The first-order chi connectivity index (χ1) is 18.9. The van der Waals surface area contributed by atoms with Crippen LogP contribution < -0.4 is 0 Å². The zero-order valence-electron chi connectivity index (χ0n) is 22.3. The summed E-state index contributed by atoms with van der Waals surface area (Å²) < 4.78 is 15.4. The average Bonchev–Trinajstić information content (AvgIpc) is 2.97. The number of esters is 3. The highest BCUT2D eigenvalue weighted by atomic mass is 16.5. The first-order valence-corrected chi connectivity index (χ1v) is 12.9. The summed E-state index contributed by atoms with van der Waals surface area (Å²) >= 11 is 0. The zero-order chi connectivity index (χ0) is 28.5. The highest BCUT2D eigenvalue weighted by Gasteiger charge is 2.19. The van der Waals surface area contributed by atoms with E-state index in [2.05, 4.69) is 0 Å². The van der Waals surface area contributed by atoms with Crippen molar-refractivity contribution in [1.82, 2.24) is 0 Å². The predicted octanol–water partition coefficient (Wildman–Crippen LogP) is 6.34. The molecule has 206 valence electrons. The molecule has 0 aromatic heterocycles. The molecule has 8 heteroatoms. The van der Waals surface area contributed by atoms with Crippen LogP contribution in [0.4, 0.5) is 0 Å². The van der Waals surface area contributed by atoms with Crippen LogP contribution in [0, 0.1) is 0 Å². The largest absolute Gasteiger partial charge is 0.478 e. The molecule has 0 atom stereocenters. The van der Waals surface area contributed by atoms with Crippen molar-refractivity contribution in [3.05, 3.63) is 107 Å². The van der Waals surface area contributed by atoms with E-state index in [9.17, 15) is 19.2 Å². The molecule has 3 rings (SSSR count). The molecule has 39 heavy (non-hydrogen) atoms. The van der Waals surface area contributed by atoms with Crippen molar-refractivity contribution < 1.29 is 38.5 Å². The third kappa shape index (κ3) is 10.4. The van der Waals surface area contributed by atoms with Crippen molar-refractivity contribution in [2.75, 3.05) is 13.2 Å². The molecular formula is C31H34O8. The van der Waals surface area contributed by atoms with Crippen LogP contribution in [0.2, 0.25) is 0 Å². The lowest BCUT2D eigenvalue weighted by Crippen LogP contribution is -2.14. The molecule has 3 aromatic carbocycles. The Labute approximate surface area is 228 Å². The van der Waals surface area contributed by atoms with Crippen LogP contribution in [-0.2, 0) is 20.8 Å². The van der Waals surface area contributed by atoms with E-state index in [-0.39, 0.29) is 28.9 Å². The minimum Gasteiger partial charge on any atom is -0.478 e. The first kappa shape index (κ1) is 30.8. The van der Waals surface area contributed by atoms with Gasteiger partial charge in [-0.15, -0.1) is 0 Å². The van der Waals surface area contributed by atoms with Gasteiger partial charge in [-0.1, -0.05) is 81.3 Å². The topological polar surface area (TPSA) is 116 Å². The number of unbranched alkanes of at least 4 members (excludes halogenated alkanes) is 2. The Bertz CT molecular complexity index is 1220. The number of benzene rings is 3. The summed E-state index contributed by atoms with van der Waals surface area (Å²) in [5.74, 6) is -2.72. The van der Waals surface area contributed by atoms with Crippen LogP contribution in [0.5, 0.6) is 0 Å².